The number of benzene rings is 1. The molecule has 1 atom stereocenters. The molecule has 1 nitrogen and oxygen atoms in total. The van der Waals surface area contributed by atoms with Gasteiger partial charge in [0.15, 0.2) is 0 Å². The molecule has 0 aromatic heterocycles. The highest BCUT2D eigenvalue weighted by Crippen LogP contribution is 2.56. The van der Waals surface area contributed by atoms with Gasteiger partial charge in [0.1, 0.15) is 0 Å². The van der Waals surface area contributed by atoms with Crippen molar-refractivity contribution in [1.82, 2.24) is 0 Å². The van der Waals surface area contributed by atoms with E-state index < -0.39 is 0 Å². The zero-order chi connectivity index (χ0) is 14.3. The molecule has 1 unspecified atom stereocenters. The summed E-state index contributed by atoms with van der Waals surface area (Å²) in [7, 11) is 0. The van der Waals surface area contributed by atoms with Gasteiger partial charge in [0, 0.05) is 5.41 Å². The van der Waals surface area contributed by atoms with Crippen LogP contribution in [0.25, 0.3) is 0 Å². The van der Waals surface area contributed by atoms with Crippen molar-refractivity contribution < 1.29 is 5.11 Å². The van der Waals surface area contributed by atoms with Crippen molar-refractivity contribution in [2.75, 3.05) is 0 Å². The quantitative estimate of drug-likeness (QED) is 0.840. The van der Waals surface area contributed by atoms with E-state index in [-0.39, 0.29) is 11.5 Å². The number of rotatable bonds is 2. The molecule has 3 aliphatic carbocycles. The molecule has 0 heterocycles. The molecule has 2 fully saturated rings. The molecule has 3 aliphatic rings. The fourth-order valence-corrected chi connectivity index (χ4v) is 6.00. The Balaban J connectivity index is 1.87. The molecule has 0 saturated heterocycles. The standard InChI is InChI=1S/C20H28O/c21-19-14-13-15-7-1-6-12-18(15)20(19,16-8-2-3-9-16)17-10-4-5-11-17/h1,6-7,12,16-17,19,21H,2-5,8-11,13-14H2. The van der Waals surface area contributed by atoms with Gasteiger partial charge in [-0.25, -0.2) is 0 Å². The largest absolute Gasteiger partial charge is 0.392 e. The summed E-state index contributed by atoms with van der Waals surface area (Å²) in [6, 6.07) is 9.06. The molecule has 0 radical (unpaired) electrons. The molecule has 0 spiro atoms. The SMILES string of the molecule is OC1CCc2ccccc2C1(C1CCCC1)C1CCCC1. The molecule has 1 heteroatoms. The lowest BCUT2D eigenvalue weighted by molar-refractivity contribution is -0.0120. The van der Waals surface area contributed by atoms with Crippen LogP contribution in [0, 0.1) is 11.8 Å². The van der Waals surface area contributed by atoms with Crippen molar-refractivity contribution in [1.29, 1.82) is 0 Å². The van der Waals surface area contributed by atoms with Gasteiger partial charge in [-0.1, -0.05) is 49.9 Å². The molecule has 1 aromatic carbocycles. The third-order valence-electron chi connectivity index (χ3n) is 6.78. The average Bonchev–Trinajstić information content (AvgIpc) is 3.21. The van der Waals surface area contributed by atoms with Crippen molar-refractivity contribution >= 4 is 0 Å². The van der Waals surface area contributed by atoms with E-state index in [4.69, 9.17) is 0 Å². The zero-order valence-electron chi connectivity index (χ0n) is 13.1. The van der Waals surface area contributed by atoms with Crippen LogP contribution in [0.1, 0.15) is 68.9 Å². The van der Waals surface area contributed by atoms with Gasteiger partial charge in [-0.15, -0.1) is 0 Å². The Morgan fingerprint density at radius 1 is 0.810 bits per heavy atom. The molecular weight excluding hydrogens is 256 g/mol. The summed E-state index contributed by atoms with van der Waals surface area (Å²) in [5, 5.41) is 11.2. The van der Waals surface area contributed by atoms with Crippen LogP contribution in [-0.4, -0.2) is 11.2 Å². The van der Waals surface area contributed by atoms with Crippen LogP contribution in [0.15, 0.2) is 24.3 Å². The van der Waals surface area contributed by atoms with E-state index in [1.165, 1.54) is 62.5 Å². The fraction of sp³-hybridized carbons (Fsp3) is 0.700. The van der Waals surface area contributed by atoms with E-state index in [9.17, 15) is 5.11 Å². The summed E-state index contributed by atoms with van der Waals surface area (Å²) in [6.45, 7) is 0. The first-order valence-electron chi connectivity index (χ1n) is 9.10. The number of hydrogen-bond donors (Lipinski definition) is 1. The molecule has 0 amide bonds. The molecule has 114 valence electrons. The normalized spacial score (nSPS) is 29.7. The highest BCUT2D eigenvalue weighted by atomic mass is 16.3. The minimum Gasteiger partial charge on any atom is -0.392 e. The lowest BCUT2D eigenvalue weighted by atomic mass is 9.54. The number of hydrogen-bond acceptors (Lipinski definition) is 1. The first kappa shape index (κ1) is 13.8. The van der Waals surface area contributed by atoms with Crippen LogP contribution in [0.3, 0.4) is 0 Å². The first-order chi connectivity index (χ1) is 10.3. The Hall–Kier alpha value is -0.820. The first-order valence-corrected chi connectivity index (χ1v) is 9.10. The number of aliphatic hydroxyl groups is 1. The molecule has 0 aliphatic heterocycles. The molecular formula is C20H28O. The second-order valence-corrected chi connectivity index (χ2v) is 7.61. The fourth-order valence-electron chi connectivity index (χ4n) is 6.00. The summed E-state index contributed by atoms with van der Waals surface area (Å²) in [6.07, 6.45) is 12.7. The highest BCUT2D eigenvalue weighted by molar-refractivity contribution is 5.40. The highest BCUT2D eigenvalue weighted by Gasteiger charge is 2.54. The van der Waals surface area contributed by atoms with Crippen LogP contribution in [-0.2, 0) is 11.8 Å². The van der Waals surface area contributed by atoms with Crippen LogP contribution >= 0.6 is 0 Å². The van der Waals surface area contributed by atoms with E-state index >= 15 is 0 Å². The summed E-state index contributed by atoms with van der Waals surface area (Å²) >= 11 is 0. The van der Waals surface area contributed by atoms with Gasteiger partial charge < -0.3 is 5.11 Å². The third-order valence-corrected chi connectivity index (χ3v) is 6.78. The third kappa shape index (κ3) is 2.00. The Morgan fingerprint density at radius 2 is 1.38 bits per heavy atom. The van der Waals surface area contributed by atoms with Crippen LogP contribution in [0.5, 0.6) is 0 Å². The van der Waals surface area contributed by atoms with Gasteiger partial charge in [0.25, 0.3) is 0 Å². The maximum absolute atomic E-state index is 11.2. The van der Waals surface area contributed by atoms with E-state index in [0.29, 0.717) is 0 Å². The van der Waals surface area contributed by atoms with Gasteiger partial charge >= 0.3 is 0 Å². The number of fused-ring (bicyclic) bond motifs is 1. The summed E-state index contributed by atoms with van der Waals surface area (Å²) in [5.74, 6) is 1.44. The lowest BCUT2D eigenvalue weighted by Gasteiger charge is -2.51. The Morgan fingerprint density at radius 3 is 2.00 bits per heavy atom. The van der Waals surface area contributed by atoms with Gasteiger partial charge in [-0.05, 0) is 61.5 Å². The predicted molar refractivity (Wildman–Crippen MR) is 86.4 cm³/mol. The Labute approximate surface area is 128 Å². The van der Waals surface area contributed by atoms with Crippen LogP contribution in [0.4, 0.5) is 0 Å². The van der Waals surface area contributed by atoms with Gasteiger partial charge in [0.05, 0.1) is 6.10 Å². The van der Waals surface area contributed by atoms with Gasteiger partial charge in [-0.3, -0.25) is 0 Å². The van der Waals surface area contributed by atoms with E-state index in [0.717, 1.165) is 24.7 Å². The van der Waals surface area contributed by atoms with Crippen molar-refractivity contribution in [3.63, 3.8) is 0 Å². The lowest BCUT2D eigenvalue weighted by Crippen LogP contribution is -2.53. The van der Waals surface area contributed by atoms with E-state index in [2.05, 4.69) is 24.3 Å². The van der Waals surface area contributed by atoms with E-state index in [1.54, 1.807) is 0 Å². The zero-order valence-corrected chi connectivity index (χ0v) is 13.1. The smallest absolute Gasteiger partial charge is 0.0645 e. The topological polar surface area (TPSA) is 20.2 Å². The number of aryl methyl sites for hydroxylation is 1. The van der Waals surface area contributed by atoms with Crippen LogP contribution in [0.2, 0.25) is 0 Å². The second-order valence-electron chi connectivity index (χ2n) is 7.61. The van der Waals surface area contributed by atoms with E-state index in [1.807, 2.05) is 0 Å². The minimum absolute atomic E-state index is 0.0852. The summed E-state index contributed by atoms with van der Waals surface area (Å²) in [5.41, 5.74) is 3.14. The van der Waals surface area contributed by atoms with Crippen molar-refractivity contribution in [3.05, 3.63) is 35.4 Å². The van der Waals surface area contributed by atoms with Crippen LogP contribution < -0.4 is 0 Å². The van der Waals surface area contributed by atoms with Gasteiger partial charge in [-0.2, -0.15) is 0 Å². The molecule has 21 heavy (non-hydrogen) atoms. The maximum Gasteiger partial charge on any atom is 0.0645 e. The van der Waals surface area contributed by atoms with Crippen molar-refractivity contribution in [2.45, 2.75) is 75.7 Å². The number of aliphatic hydroxyl groups excluding tert-OH is 1. The second kappa shape index (κ2) is 5.43. The minimum atomic E-state index is -0.112. The molecule has 1 N–H and O–H groups in total. The summed E-state index contributed by atoms with van der Waals surface area (Å²) in [4.78, 5) is 0. The van der Waals surface area contributed by atoms with Crippen molar-refractivity contribution in [2.24, 2.45) is 11.8 Å². The summed E-state index contributed by atoms with van der Waals surface area (Å²) < 4.78 is 0. The maximum atomic E-state index is 11.2. The monoisotopic (exact) mass is 284 g/mol. The predicted octanol–water partition coefficient (Wildman–Crippen LogP) is 4.61. The van der Waals surface area contributed by atoms with Crippen molar-refractivity contribution in [3.8, 4) is 0 Å². The molecule has 2 saturated carbocycles. The average molecular weight is 284 g/mol. The molecule has 0 bridgehead atoms. The molecule has 4 rings (SSSR count). The Kier molecular flexibility index (Phi) is 3.57. The molecule has 1 aromatic rings. The van der Waals surface area contributed by atoms with Gasteiger partial charge in [0.2, 0.25) is 0 Å². The Bertz CT molecular complexity index is 478.